The lowest BCUT2D eigenvalue weighted by atomic mass is 10.1. The normalized spacial score (nSPS) is 10.8. The first-order valence-electron chi connectivity index (χ1n) is 12.9. The van der Waals surface area contributed by atoms with Crippen molar-refractivity contribution in [3.05, 3.63) is 94.5 Å². The van der Waals surface area contributed by atoms with Crippen molar-refractivity contribution in [1.82, 2.24) is 14.7 Å². The Balaban J connectivity index is 1.57. The highest BCUT2D eigenvalue weighted by molar-refractivity contribution is 6.42. The van der Waals surface area contributed by atoms with Gasteiger partial charge in [-0.25, -0.2) is 9.48 Å². The van der Waals surface area contributed by atoms with Crippen LogP contribution in [0.3, 0.4) is 0 Å². The minimum absolute atomic E-state index is 0.119. The highest BCUT2D eigenvalue weighted by atomic mass is 35.5. The first-order valence-corrected chi connectivity index (χ1v) is 13.7. The summed E-state index contributed by atoms with van der Waals surface area (Å²) in [5.74, 6) is 0.105. The summed E-state index contributed by atoms with van der Waals surface area (Å²) < 4.78 is 1.61. The zero-order valence-electron chi connectivity index (χ0n) is 22.0. The van der Waals surface area contributed by atoms with Crippen molar-refractivity contribution in [3.63, 3.8) is 0 Å². The number of hydrogen-bond acceptors (Lipinski definition) is 3. The number of urea groups is 1. The minimum atomic E-state index is -0.343. The third-order valence-electron chi connectivity index (χ3n) is 6.18. The van der Waals surface area contributed by atoms with E-state index in [1.807, 2.05) is 61.5 Å². The summed E-state index contributed by atoms with van der Waals surface area (Å²) in [5, 5.41) is 11.4. The Morgan fingerprint density at radius 1 is 0.897 bits per heavy atom. The molecule has 4 rings (SSSR count). The molecule has 0 aliphatic rings. The molecule has 1 aromatic heterocycles. The van der Waals surface area contributed by atoms with Crippen LogP contribution in [-0.4, -0.2) is 39.7 Å². The lowest BCUT2D eigenvalue weighted by Crippen LogP contribution is -2.41. The standard InChI is InChI=1S/C30H31Cl2N5O2/c1-3-5-16-36(30(39)33-23-13-9-10-21(4-2)17-23)20-29(38)34-28-19-27(22-11-7-6-8-12-22)35-37(28)24-14-15-25(31)26(32)18-24/h6-15,17-19H,3-5,16,20H2,1-2H3,(H,33,39)(H,34,38). The Morgan fingerprint density at radius 3 is 2.41 bits per heavy atom. The van der Waals surface area contributed by atoms with E-state index in [1.165, 1.54) is 4.90 Å². The molecule has 0 aliphatic heterocycles. The van der Waals surface area contributed by atoms with Gasteiger partial charge in [0.1, 0.15) is 12.4 Å². The Labute approximate surface area is 238 Å². The highest BCUT2D eigenvalue weighted by Gasteiger charge is 2.20. The SMILES string of the molecule is CCCCN(CC(=O)Nc1cc(-c2ccccc2)nn1-c1ccc(Cl)c(Cl)c1)C(=O)Nc1cccc(CC)c1. The van der Waals surface area contributed by atoms with Crippen LogP contribution in [0.5, 0.6) is 0 Å². The molecule has 202 valence electrons. The lowest BCUT2D eigenvalue weighted by molar-refractivity contribution is -0.116. The maximum atomic E-state index is 13.3. The van der Waals surface area contributed by atoms with Crippen LogP contribution in [0.4, 0.5) is 16.3 Å². The number of unbranched alkanes of at least 4 members (excludes halogenated alkanes) is 1. The molecule has 0 radical (unpaired) electrons. The number of halogens is 2. The molecule has 0 saturated heterocycles. The van der Waals surface area contributed by atoms with Gasteiger partial charge in [-0.2, -0.15) is 5.10 Å². The summed E-state index contributed by atoms with van der Waals surface area (Å²) in [7, 11) is 0. The Morgan fingerprint density at radius 2 is 1.69 bits per heavy atom. The van der Waals surface area contributed by atoms with Gasteiger partial charge in [0.2, 0.25) is 5.91 Å². The molecule has 9 heteroatoms. The first kappa shape index (κ1) is 28.2. The second kappa shape index (κ2) is 13.3. The van der Waals surface area contributed by atoms with Gasteiger partial charge in [-0.05, 0) is 48.7 Å². The summed E-state index contributed by atoms with van der Waals surface area (Å²) in [5.41, 5.74) is 4.03. The highest BCUT2D eigenvalue weighted by Crippen LogP contribution is 2.29. The van der Waals surface area contributed by atoms with Crippen LogP contribution >= 0.6 is 23.2 Å². The molecule has 0 atom stereocenters. The van der Waals surface area contributed by atoms with Crippen molar-refractivity contribution in [2.45, 2.75) is 33.1 Å². The summed E-state index contributed by atoms with van der Waals surface area (Å²) in [6.07, 6.45) is 2.53. The number of nitrogens with zero attached hydrogens (tertiary/aromatic N) is 3. The van der Waals surface area contributed by atoms with E-state index in [4.69, 9.17) is 28.3 Å². The fraction of sp³-hybridized carbons (Fsp3) is 0.233. The lowest BCUT2D eigenvalue weighted by Gasteiger charge is -2.23. The molecular formula is C30H31Cl2N5O2. The second-order valence-corrected chi connectivity index (χ2v) is 9.91. The minimum Gasteiger partial charge on any atom is -0.315 e. The predicted octanol–water partition coefficient (Wildman–Crippen LogP) is 7.68. The summed E-state index contributed by atoms with van der Waals surface area (Å²) in [4.78, 5) is 27.9. The third kappa shape index (κ3) is 7.40. The average molecular weight is 565 g/mol. The molecule has 0 fully saturated rings. The van der Waals surface area contributed by atoms with Crippen LogP contribution in [0, 0.1) is 0 Å². The van der Waals surface area contributed by atoms with Crippen LogP contribution in [-0.2, 0) is 11.2 Å². The summed E-state index contributed by atoms with van der Waals surface area (Å²) in [6.45, 7) is 4.43. The van der Waals surface area contributed by atoms with Crippen molar-refractivity contribution < 1.29 is 9.59 Å². The zero-order chi connectivity index (χ0) is 27.8. The molecule has 0 saturated carbocycles. The van der Waals surface area contributed by atoms with E-state index in [9.17, 15) is 9.59 Å². The van der Waals surface area contributed by atoms with Gasteiger partial charge in [-0.3, -0.25) is 4.79 Å². The molecule has 3 aromatic carbocycles. The van der Waals surface area contributed by atoms with E-state index in [1.54, 1.807) is 28.9 Å². The molecule has 7 nitrogen and oxygen atoms in total. The van der Waals surface area contributed by atoms with Gasteiger partial charge in [-0.1, -0.05) is 85.9 Å². The number of aryl methyl sites for hydroxylation is 1. The van der Waals surface area contributed by atoms with Crippen molar-refractivity contribution in [3.8, 4) is 16.9 Å². The topological polar surface area (TPSA) is 79.3 Å². The largest absolute Gasteiger partial charge is 0.322 e. The van der Waals surface area contributed by atoms with Crippen molar-refractivity contribution >= 4 is 46.6 Å². The maximum Gasteiger partial charge on any atom is 0.322 e. The maximum absolute atomic E-state index is 13.3. The van der Waals surface area contributed by atoms with Gasteiger partial charge in [-0.15, -0.1) is 0 Å². The van der Waals surface area contributed by atoms with Gasteiger partial charge < -0.3 is 15.5 Å². The number of rotatable bonds is 10. The first-order chi connectivity index (χ1) is 18.9. The van der Waals surface area contributed by atoms with E-state index in [2.05, 4.69) is 17.6 Å². The summed E-state index contributed by atoms with van der Waals surface area (Å²) in [6, 6.07) is 24.0. The van der Waals surface area contributed by atoms with Crippen LogP contribution in [0.1, 0.15) is 32.3 Å². The smallest absolute Gasteiger partial charge is 0.315 e. The molecule has 0 unspecified atom stereocenters. The Kier molecular flexibility index (Phi) is 9.63. The molecule has 1 heterocycles. The van der Waals surface area contributed by atoms with E-state index in [0.717, 1.165) is 30.4 Å². The monoisotopic (exact) mass is 563 g/mol. The number of carbonyl (C=O) groups is 2. The fourth-order valence-electron chi connectivity index (χ4n) is 4.06. The van der Waals surface area contributed by atoms with Gasteiger partial charge in [0.15, 0.2) is 0 Å². The van der Waals surface area contributed by atoms with E-state index in [-0.39, 0.29) is 18.5 Å². The number of anilines is 2. The van der Waals surface area contributed by atoms with E-state index >= 15 is 0 Å². The second-order valence-electron chi connectivity index (χ2n) is 9.10. The van der Waals surface area contributed by atoms with Crippen LogP contribution in [0.2, 0.25) is 10.0 Å². The van der Waals surface area contributed by atoms with Gasteiger partial charge in [0.05, 0.1) is 21.4 Å². The Bertz CT molecular complexity index is 1440. The molecule has 2 N–H and O–H groups in total. The third-order valence-corrected chi connectivity index (χ3v) is 6.92. The van der Waals surface area contributed by atoms with E-state index in [0.29, 0.717) is 39.5 Å². The van der Waals surface area contributed by atoms with E-state index < -0.39 is 0 Å². The summed E-state index contributed by atoms with van der Waals surface area (Å²) >= 11 is 12.4. The molecule has 39 heavy (non-hydrogen) atoms. The quantitative estimate of drug-likeness (QED) is 0.207. The number of benzene rings is 3. The number of hydrogen-bond donors (Lipinski definition) is 2. The van der Waals surface area contributed by atoms with Crippen LogP contribution in [0.15, 0.2) is 78.9 Å². The van der Waals surface area contributed by atoms with Gasteiger partial charge >= 0.3 is 6.03 Å². The fourth-order valence-corrected chi connectivity index (χ4v) is 4.35. The number of carbonyl (C=O) groups excluding carboxylic acids is 2. The number of aromatic nitrogens is 2. The van der Waals surface area contributed by atoms with Crippen LogP contribution in [0.25, 0.3) is 16.9 Å². The zero-order valence-corrected chi connectivity index (χ0v) is 23.5. The molecular weight excluding hydrogens is 533 g/mol. The molecule has 0 bridgehead atoms. The number of nitrogens with one attached hydrogen (secondary N) is 2. The van der Waals surface area contributed by atoms with Crippen molar-refractivity contribution in [2.24, 2.45) is 0 Å². The Hall–Kier alpha value is -3.81. The molecule has 0 spiro atoms. The van der Waals surface area contributed by atoms with Crippen molar-refractivity contribution in [2.75, 3.05) is 23.7 Å². The average Bonchev–Trinajstić information content (AvgIpc) is 3.36. The van der Waals surface area contributed by atoms with Crippen molar-refractivity contribution in [1.29, 1.82) is 0 Å². The molecule has 4 aromatic rings. The number of amides is 3. The van der Waals surface area contributed by atoms with Crippen LogP contribution < -0.4 is 10.6 Å². The molecule has 3 amide bonds. The van der Waals surface area contributed by atoms with Gasteiger partial charge in [0, 0.05) is 23.9 Å². The van der Waals surface area contributed by atoms with Gasteiger partial charge in [0.25, 0.3) is 0 Å². The predicted molar refractivity (Wildman–Crippen MR) is 159 cm³/mol. The molecule has 0 aliphatic carbocycles.